The Labute approximate surface area is 94.8 Å². The van der Waals surface area contributed by atoms with Gasteiger partial charge in [-0.1, -0.05) is 13.5 Å². The van der Waals surface area contributed by atoms with Crippen LogP contribution in [0.2, 0.25) is 0 Å². The molecule has 0 aliphatic heterocycles. The highest BCUT2D eigenvalue weighted by atomic mass is 28.4. The third-order valence-electron chi connectivity index (χ3n) is 1.56. The summed E-state index contributed by atoms with van der Waals surface area (Å²) in [7, 11) is -2.65. The van der Waals surface area contributed by atoms with Crippen molar-refractivity contribution in [3.63, 3.8) is 0 Å². The summed E-state index contributed by atoms with van der Waals surface area (Å²) < 4.78 is 17.3. The molecule has 4 heteroatoms. The van der Waals surface area contributed by atoms with Gasteiger partial charge in [0.25, 0.3) is 0 Å². The molecule has 0 aliphatic carbocycles. The summed E-state index contributed by atoms with van der Waals surface area (Å²) >= 11 is 0. The van der Waals surface area contributed by atoms with Gasteiger partial charge in [0, 0.05) is 18.8 Å². The third-order valence-corrected chi connectivity index (χ3v) is 4.26. The molecule has 0 saturated heterocycles. The van der Waals surface area contributed by atoms with Crippen molar-refractivity contribution in [1.82, 2.24) is 0 Å². The molecule has 0 saturated carbocycles. The predicted molar refractivity (Wildman–Crippen MR) is 64.6 cm³/mol. The molecule has 15 heavy (non-hydrogen) atoms. The van der Waals surface area contributed by atoms with Crippen LogP contribution in [0.1, 0.15) is 41.0 Å². The molecule has 0 radical (unpaired) electrons. The molecule has 0 N–H and O–H groups in total. The minimum absolute atomic E-state index is 0.0882. The molecule has 0 rings (SSSR count). The highest BCUT2D eigenvalue weighted by Gasteiger charge is 2.39. The Morgan fingerprint density at radius 3 is 1.87 bits per heavy atom. The van der Waals surface area contributed by atoms with Crippen molar-refractivity contribution in [2.24, 2.45) is 0 Å². The third kappa shape index (κ3) is 6.09. The topological polar surface area (TPSA) is 27.7 Å². The minimum Gasteiger partial charge on any atom is -0.370 e. The zero-order valence-corrected chi connectivity index (χ0v) is 11.6. The zero-order valence-electron chi connectivity index (χ0n) is 10.6. The molecular weight excluding hydrogens is 208 g/mol. The molecule has 0 aromatic heterocycles. The molecule has 0 atom stereocenters. The van der Waals surface area contributed by atoms with Gasteiger partial charge in [-0.3, -0.25) is 0 Å². The van der Waals surface area contributed by atoms with E-state index < -0.39 is 8.80 Å². The molecule has 0 aliphatic rings. The van der Waals surface area contributed by atoms with Gasteiger partial charge < -0.3 is 13.3 Å². The maximum absolute atomic E-state index is 5.78. The molecule has 0 unspecified atom stereocenters. The monoisotopic (exact) mass is 232 g/mol. The molecule has 3 nitrogen and oxygen atoms in total. The lowest BCUT2D eigenvalue weighted by atomic mass is 10.5. The van der Waals surface area contributed by atoms with Crippen LogP contribution in [0.15, 0.2) is 12.3 Å². The first-order valence-corrected chi connectivity index (χ1v) is 7.39. The number of hydrogen-bond acceptors (Lipinski definition) is 3. The lowest BCUT2D eigenvalue weighted by Gasteiger charge is -2.30. The van der Waals surface area contributed by atoms with Gasteiger partial charge in [0.05, 0.1) is 0 Å². The summed E-state index contributed by atoms with van der Waals surface area (Å²) in [5.41, 5.74) is 1.71. The number of hydrogen-bond donors (Lipinski definition) is 0. The zero-order chi connectivity index (χ0) is 11.9. The Balaban J connectivity index is 4.51. The van der Waals surface area contributed by atoms with E-state index in [1.807, 2.05) is 27.7 Å². The molecule has 0 aromatic rings. The van der Waals surface area contributed by atoms with E-state index in [0.29, 0.717) is 6.61 Å². The SMILES string of the molecule is C=C[Si](OCCC)(OC(C)C)OC(C)C. The first kappa shape index (κ1) is 14.8. The van der Waals surface area contributed by atoms with Gasteiger partial charge in [-0.25, -0.2) is 0 Å². The first-order chi connectivity index (χ1) is 6.95. The van der Waals surface area contributed by atoms with Gasteiger partial charge in [-0.15, -0.1) is 0 Å². The summed E-state index contributed by atoms with van der Waals surface area (Å²) in [4.78, 5) is 0. The van der Waals surface area contributed by atoms with Crippen LogP contribution >= 0.6 is 0 Å². The Morgan fingerprint density at radius 2 is 1.60 bits per heavy atom. The van der Waals surface area contributed by atoms with E-state index in [9.17, 15) is 0 Å². The summed E-state index contributed by atoms with van der Waals surface area (Å²) in [5, 5.41) is 0. The van der Waals surface area contributed by atoms with Crippen LogP contribution in [-0.4, -0.2) is 27.6 Å². The lowest BCUT2D eigenvalue weighted by molar-refractivity contribution is 0.0306. The van der Waals surface area contributed by atoms with Gasteiger partial charge in [-0.05, 0) is 39.8 Å². The van der Waals surface area contributed by atoms with Crippen LogP contribution in [0.5, 0.6) is 0 Å². The van der Waals surface area contributed by atoms with Crippen LogP contribution < -0.4 is 0 Å². The van der Waals surface area contributed by atoms with Crippen LogP contribution in [-0.2, 0) is 13.3 Å². The van der Waals surface area contributed by atoms with Gasteiger partial charge in [0.2, 0.25) is 0 Å². The van der Waals surface area contributed by atoms with E-state index in [1.54, 1.807) is 5.70 Å². The van der Waals surface area contributed by atoms with Crippen molar-refractivity contribution < 1.29 is 13.3 Å². The molecule has 0 spiro atoms. The quantitative estimate of drug-likeness (QED) is 0.602. The smallest absolute Gasteiger partial charge is 0.370 e. The molecule has 0 heterocycles. The van der Waals surface area contributed by atoms with E-state index >= 15 is 0 Å². The second kappa shape index (κ2) is 7.17. The fourth-order valence-corrected chi connectivity index (χ4v) is 3.46. The van der Waals surface area contributed by atoms with Crippen LogP contribution in [0, 0.1) is 0 Å². The average molecular weight is 232 g/mol. The molecule has 90 valence electrons. The van der Waals surface area contributed by atoms with E-state index in [4.69, 9.17) is 13.3 Å². The van der Waals surface area contributed by atoms with Crippen molar-refractivity contribution in [2.45, 2.75) is 53.2 Å². The van der Waals surface area contributed by atoms with Gasteiger partial charge in [0.15, 0.2) is 0 Å². The Morgan fingerprint density at radius 1 is 1.13 bits per heavy atom. The largest absolute Gasteiger partial charge is 0.529 e. The molecule has 0 bridgehead atoms. The maximum atomic E-state index is 5.78. The van der Waals surface area contributed by atoms with Gasteiger partial charge in [-0.2, -0.15) is 0 Å². The molecule has 0 fully saturated rings. The second-order valence-electron chi connectivity index (χ2n) is 3.99. The van der Waals surface area contributed by atoms with Crippen molar-refractivity contribution in [1.29, 1.82) is 0 Å². The van der Waals surface area contributed by atoms with Crippen molar-refractivity contribution in [3.05, 3.63) is 12.3 Å². The highest BCUT2D eigenvalue weighted by Crippen LogP contribution is 2.16. The normalized spacial score (nSPS) is 12.5. The van der Waals surface area contributed by atoms with E-state index in [0.717, 1.165) is 6.42 Å². The highest BCUT2D eigenvalue weighted by molar-refractivity contribution is 6.66. The minimum atomic E-state index is -2.65. The molecule has 0 amide bonds. The number of rotatable bonds is 8. The molecule has 0 aromatic carbocycles. The summed E-state index contributed by atoms with van der Waals surface area (Å²) in [6.45, 7) is 14.4. The van der Waals surface area contributed by atoms with Crippen molar-refractivity contribution in [3.8, 4) is 0 Å². The Kier molecular flexibility index (Phi) is 7.09. The van der Waals surface area contributed by atoms with Crippen LogP contribution in [0.4, 0.5) is 0 Å². The van der Waals surface area contributed by atoms with Crippen LogP contribution in [0.25, 0.3) is 0 Å². The first-order valence-electron chi connectivity index (χ1n) is 5.59. The fraction of sp³-hybridized carbons (Fsp3) is 0.818. The maximum Gasteiger partial charge on any atom is 0.529 e. The van der Waals surface area contributed by atoms with Crippen molar-refractivity contribution in [2.75, 3.05) is 6.61 Å². The fourth-order valence-electron chi connectivity index (χ4n) is 1.15. The van der Waals surface area contributed by atoms with Gasteiger partial charge in [0.1, 0.15) is 0 Å². The summed E-state index contributed by atoms with van der Waals surface area (Å²) in [5.74, 6) is 0. The van der Waals surface area contributed by atoms with Crippen molar-refractivity contribution >= 4 is 8.80 Å². The second-order valence-corrected chi connectivity index (χ2v) is 6.36. The van der Waals surface area contributed by atoms with Crippen LogP contribution in [0.3, 0.4) is 0 Å². The Hall–Kier alpha value is -0.163. The Bertz CT molecular complexity index is 171. The lowest BCUT2D eigenvalue weighted by Crippen LogP contribution is -2.47. The molecular formula is C11H24O3Si. The van der Waals surface area contributed by atoms with E-state index in [2.05, 4.69) is 13.5 Å². The standard InChI is InChI=1S/C11H24O3Si/c1-7-9-12-15(8-2,13-10(3)4)14-11(5)6/h8,10-11H,2,7,9H2,1,3-6H3. The van der Waals surface area contributed by atoms with Gasteiger partial charge >= 0.3 is 8.80 Å². The van der Waals surface area contributed by atoms with E-state index in [-0.39, 0.29) is 12.2 Å². The van der Waals surface area contributed by atoms with E-state index in [1.165, 1.54) is 0 Å². The summed E-state index contributed by atoms with van der Waals surface area (Å²) in [6, 6.07) is 0. The average Bonchev–Trinajstić information content (AvgIpc) is 2.12. The summed E-state index contributed by atoms with van der Waals surface area (Å²) in [6.07, 6.45) is 1.13. The predicted octanol–water partition coefficient (Wildman–Crippen LogP) is 2.93.